The Hall–Kier alpha value is -2.44. The van der Waals surface area contributed by atoms with Crippen molar-refractivity contribution in [3.8, 4) is 5.75 Å². The lowest BCUT2D eigenvalue weighted by Gasteiger charge is -2.21. The Morgan fingerprint density at radius 3 is 1.96 bits per heavy atom. The van der Waals surface area contributed by atoms with E-state index in [9.17, 15) is 13.0 Å². The van der Waals surface area contributed by atoms with Crippen LogP contribution in [0, 0.1) is 0 Å². The lowest BCUT2D eigenvalue weighted by molar-refractivity contribution is 0.478. The van der Waals surface area contributed by atoms with Crippen molar-refractivity contribution in [1.82, 2.24) is 5.09 Å². The first kappa shape index (κ1) is 19.3. The number of nitrogens with one attached hydrogen (secondary N) is 1. The molecule has 3 rings (SSSR count). The van der Waals surface area contributed by atoms with Crippen LogP contribution < -0.4 is 20.1 Å². The molecule has 6 nitrogen and oxygen atoms in total. The van der Waals surface area contributed by atoms with Crippen molar-refractivity contribution in [3.63, 3.8) is 0 Å². The number of rotatable bonds is 7. The van der Waals surface area contributed by atoms with Crippen LogP contribution in [0.25, 0.3) is 0 Å². The van der Waals surface area contributed by atoms with E-state index in [0.29, 0.717) is 11.8 Å². The molecule has 1 unspecified atom stereocenters. The molecule has 0 saturated heterocycles. The summed E-state index contributed by atoms with van der Waals surface area (Å²) in [5.74, 6) is 0.273. The van der Waals surface area contributed by atoms with Crippen LogP contribution in [-0.2, 0) is 21.1 Å². The van der Waals surface area contributed by atoms with Crippen molar-refractivity contribution in [2.24, 2.45) is 5.14 Å². The summed E-state index contributed by atoms with van der Waals surface area (Å²) in [7, 11) is -7.25. The zero-order valence-electron chi connectivity index (χ0n) is 14.4. The molecule has 1 atom stereocenters. The van der Waals surface area contributed by atoms with Crippen LogP contribution in [-0.4, -0.2) is 8.42 Å². The number of hydrogen-bond donors (Lipinski definition) is 2. The fourth-order valence-corrected chi connectivity index (χ4v) is 4.67. The molecule has 3 N–H and O–H groups in total. The fourth-order valence-electron chi connectivity index (χ4n) is 2.43. The van der Waals surface area contributed by atoms with Gasteiger partial charge in [-0.25, -0.2) is 18.6 Å². The van der Waals surface area contributed by atoms with Gasteiger partial charge in [0.05, 0.1) is 10.2 Å². The summed E-state index contributed by atoms with van der Waals surface area (Å²) in [5, 5.41) is 8.62. The number of nitrogens with two attached hydrogens (primary N) is 1. The highest BCUT2D eigenvalue weighted by atomic mass is 32.2. The summed E-state index contributed by atoms with van der Waals surface area (Å²) in [6.07, 6.45) is 0. The Morgan fingerprint density at radius 1 is 0.852 bits per heavy atom. The Morgan fingerprint density at radius 2 is 1.41 bits per heavy atom. The zero-order chi connectivity index (χ0) is 19.3. The van der Waals surface area contributed by atoms with Crippen LogP contribution >= 0.6 is 7.52 Å². The SMILES string of the molecule is NS(=O)(=O)c1ccc(OP(=O)(NCc2ccccc2)c2ccccc2)cc1. The van der Waals surface area contributed by atoms with Crippen molar-refractivity contribution in [2.45, 2.75) is 11.4 Å². The summed E-state index contributed by atoms with van der Waals surface area (Å²) in [6, 6.07) is 23.9. The summed E-state index contributed by atoms with van der Waals surface area (Å²) < 4.78 is 42.1. The van der Waals surface area contributed by atoms with E-state index in [1.165, 1.54) is 24.3 Å². The molecule has 0 amide bonds. The first-order valence-corrected chi connectivity index (χ1v) is 11.3. The number of sulfonamides is 1. The molecule has 0 spiro atoms. The van der Waals surface area contributed by atoms with Crippen LogP contribution in [0.5, 0.6) is 5.75 Å². The molecule has 0 saturated carbocycles. The van der Waals surface area contributed by atoms with Crippen LogP contribution in [0.2, 0.25) is 0 Å². The predicted molar refractivity (Wildman–Crippen MR) is 105 cm³/mol. The molecule has 0 aliphatic carbocycles. The highest BCUT2D eigenvalue weighted by molar-refractivity contribution is 7.89. The molecule has 27 heavy (non-hydrogen) atoms. The van der Waals surface area contributed by atoms with E-state index in [0.717, 1.165) is 5.56 Å². The van der Waals surface area contributed by atoms with E-state index in [-0.39, 0.29) is 10.6 Å². The third-order valence-electron chi connectivity index (χ3n) is 3.82. The van der Waals surface area contributed by atoms with Gasteiger partial charge < -0.3 is 4.52 Å². The van der Waals surface area contributed by atoms with Crippen LogP contribution in [0.3, 0.4) is 0 Å². The molecule has 0 aromatic heterocycles. The third kappa shape index (κ3) is 5.05. The Labute approximate surface area is 158 Å². The second-order valence-corrected chi connectivity index (χ2v) is 9.49. The van der Waals surface area contributed by atoms with Crippen LogP contribution in [0.4, 0.5) is 0 Å². The van der Waals surface area contributed by atoms with Gasteiger partial charge in [-0.15, -0.1) is 0 Å². The maximum absolute atomic E-state index is 13.6. The molecule has 8 heteroatoms. The van der Waals surface area contributed by atoms with Gasteiger partial charge in [0.1, 0.15) is 5.75 Å². The normalized spacial score (nSPS) is 13.7. The van der Waals surface area contributed by atoms with E-state index in [1.54, 1.807) is 24.3 Å². The van der Waals surface area contributed by atoms with E-state index in [1.807, 2.05) is 36.4 Å². The number of benzene rings is 3. The van der Waals surface area contributed by atoms with Gasteiger partial charge in [0, 0.05) is 6.54 Å². The largest absolute Gasteiger partial charge is 0.430 e. The summed E-state index contributed by atoms with van der Waals surface area (Å²) in [6.45, 7) is 0.349. The Balaban J connectivity index is 1.87. The average Bonchev–Trinajstić information content (AvgIpc) is 2.68. The predicted octanol–water partition coefficient (Wildman–Crippen LogP) is 3.02. The molecule has 140 valence electrons. The van der Waals surface area contributed by atoms with E-state index >= 15 is 0 Å². The van der Waals surface area contributed by atoms with E-state index in [2.05, 4.69) is 5.09 Å². The van der Waals surface area contributed by atoms with Gasteiger partial charge in [-0.05, 0) is 42.0 Å². The second kappa shape index (κ2) is 8.06. The molecule has 0 fully saturated rings. The van der Waals surface area contributed by atoms with Gasteiger partial charge in [-0.2, -0.15) is 0 Å². The summed E-state index contributed by atoms with van der Waals surface area (Å²) in [4.78, 5) is -0.0401. The monoisotopic (exact) mass is 402 g/mol. The number of hydrogen-bond acceptors (Lipinski definition) is 4. The maximum atomic E-state index is 13.6. The van der Waals surface area contributed by atoms with Gasteiger partial charge in [-0.1, -0.05) is 48.5 Å². The molecular formula is C19H19N2O4PS. The van der Waals surface area contributed by atoms with Crippen molar-refractivity contribution in [3.05, 3.63) is 90.5 Å². The first-order valence-electron chi connectivity index (χ1n) is 8.14. The molecule has 0 heterocycles. The van der Waals surface area contributed by atoms with Gasteiger partial charge in [-0.3, -0.25) is 4.57 Å². The molecule has 3 aromatic carbocycles. The average molecular weight is 402 g/mol. The van der Waals surface area contributed by atoms with Crippen molar-refractivity contribution < 1.29 is 17.5 Å². The van der Waals surface area contributed by atoms with Crippen molar-refractivity contribution >= 4 is 22.8 Å². The molecule has 0 radical (unpaired) electrons. The van der Waals surface area contributed by atoms with E-state index in [4.69, 9.17) is 9.66 Å². The topological polar surface area (TPSA) is 98.5 Å². The zero-order valence-corrected chi connectivity index (χ0v) is 16.1. The molecule has 0 aliphatic heterocycles. The minimum Gasteiger partial charge on any atom is -0.430 e. The van der Waals surface area contributed by atoms with Gasteiger partial charge in [0.25, 0.3) is 0 Å². The second-order valence-electron chi connectivity index (χ2n) is 5.82. The van der Waals surface area contributed by atoms with Gasteiger partial charge in [0.2, 0.25) is 10.0 Å². The van der Waals surface area contributed by atoms with Gasteiger partial charge in [0.15, 0.2) is 0 Å². The summed E-state index contributed by atoms with van der Waals surface area (Å²) in [5.41, 5.74) is 0.960. The van der Waals surface area contributed by atoms with E-state index < -0.39 is 17.5 Å². The van der Waals surface area contributed by atoms with Crippen LogP contribution in [0.1, 0.15) is 5.56 Å². The Kier molecular flexibility index (Phi) is 5.77. The first-order chi connectivity index (χ1) is 12.9. The third-order valence-corrected chi connectivity index (χ3v) is 6.77. The van der Waals surface area contributed by atoms with Gasteiger partial charge >= 0.3 is 7.52 Å². The number of primary sulfonamides is 1. The highest BCUT2D eigenvalue weighted by Crippen LogP contribution is 2.42. The maximum Gasteiger partial charge on any atom is 0.347 e. The smallest absolute Gasteiger partial charge is 0.347 e. The van der Waals surface area contributed by atoms with Crippen molar-refractivity contribution in [1.29, 1.82) is 0 Å². The quantitative estimate of drug-likeness (QED) is 0.592. The lowest BCUT2D eigenvalue weighted by atomic mass is 10.2. The minimum absolute atomic E-state index is 0.0401. The molecular weight excluding hydrogens is 383 g/mol. The minimum atomic E-state index is -3.80. The lowest BCUT2D eigenvalue weighted by Crippen LogP contribution is -2.23. The van der Waals surface area contributed by atoms with Crippen molar-refractivity contribution in [2.75, 3.05) is 0 Å². The summed E-state index contributed by atoms with van der Waals surface area (Å²) >= 11 is 0. The molecule has 3 aromatic rings. The molecule has 0 bridgehead atoms. The molecule has 0 aliphatic rings. The van der Waals surface area contributed by atoms with Crippen LogP contribution in [0.15, 0.2) is 89.8 Å². The standard InChI is InChI=1S/C19H19N2O4PS/c20-27(23,24)19-13-11-17(12-14-19)25-26(22,18-9-5-2-6-10-18)21-15-16-7-3-1-4-8-16/h1-14H,15H2,(H,21,22)(H2,20,23,24). The fraction of sp³-hybridized carbons (Fsp3) is 0.0526. The highest BCUT2D eigenvalue weighted by Gasteiger charge is 2.27. The Bertz CT molecular complexity index is 1040.